The van der Waals surface area contributed by atoms with E-state index in [9.17, 15) is 0 Å². The second kappa shape index (κ2) is 7.29. The number of benzene rings is 1. The maximum Gasteiger partial charge on any atom is 0.119 e. The summed E-state index contributed by atoms with van der Waals surface area (Å²) >= 11 is 0. The minimum Gasteiger partial charge on any atom is -0.492 e. The average molecular weight is 221 g/mol. The molecule has 0 saturated heterocycles. The molecule has 0 spiro atoms. The van der Waals surface area contributed by atoms with Crippen LogP contribution in [-0.2, 0) is 0 Å². The van der Waals surface area contributed by atoms with Crippen molar-refractivity contribution in [3.05, 3.63) is 29.8 Å². The topological polar surface area (TPSA) is 21.3 Å². The lowest BCUT2D eigenvalue weighted by Gasteiger charge is -2.13. The smallest absolute Gasteiger partial charge is 0.119 e. The highest BCUT2D eigenvalue weighted by Gasteiger charge is 1.99. The molecule has 1 aromatic rings. The lowest BCUT2D eigenvalue weighted by molar-refractivity contribution is 0.304. The van der Waals surface area contributed by atoms with E-state index in [0.717, 1.165) is 18.9 Å². The van der Waals surface area contributed by atoms with Crippen LogP contribution >= 0.6 is 0 Å². The van der Waals surface area contributed by atoms with Crippen LogP contribution in [0, 0.1) is 6.92 Å². The summed E-state index contributed by atoms with van der Waals surface area (Å²) in [5.74, 6) is 0.963. The third-order valence-electron chi connectivity index (χ3n) is 2.57. The number of nitrogens with one attached hydrogen (secondary N) is 1. The molecule has 0 radical (unpaired) electrons. The number of aryl methyl sites for hydroxylation is 1. The van der Waals surface area contributed by atoms with Gasteiger partial charge in [-0.3, -0.25) is 0 Å². The van der Waals surface area contributed by atoms with Crippen molar-refractivity contribution in [2.45, 2.75) is 39.7 Å². The summed E-state index contributed by atoms with van der Waals surface area (Å²) in [7, 11) is 0. The first-order valence-electron chi connectivity index (χ1n) is 6.15. The van der Waals surface area contributed by atoms with Crippen LogP contribution in [-0.4, -0.2) is 19.2 Å². The van der Waals surface area contributed by atoms with Gasteiger partial charge in [0.15, 0.2) is 0 Å². The van der Waals surface area contributed by atoms with Crippen molar-refractivity contribution in [2.24, 2.45) is 0 Å². The molecule has 1 rings (SSSR count). The van der Waals surface area contributed by atoms with Crippen molar-refractivity contribution < 1.29 is 4.74 Å². The van der Waals surface area contributed by atoms with Gasteiger partial charge in [-0.2, -0.15) is 0 Å². The molecule has 16 heavy (non-hydrogen) atoms. The Balaban J connectivity index is 2.16. The van der Waals surface area contributed by atoms with E-state index in [2.05, 4.69) is 38.2 Å². The largest absolute Gasteiger partial charge is 0.492 e. The summed E-state index contributed by atoms with van der Waals surface area (Å²) in [6, 6.07) is 8.76. The van der Waals surface area contributed by atoms with Crippen LogP contribution in [0.1, 0.15) is 32.3 Å². The molecule has 0 aliphatic carbocycles. The quantitative estimate of drug-likeness (QED) is 0.714. The molecule has 0 aliphatic rings. The van der Waals surface area contributed by atoms with E-state index >= 15 is 0 Å². The van der Waals surface area contributed by atoms with Crippen molar-refractivity contribution in [2.75, 3.05) is 13.2 Å². The third-order valence-corrected chi connectivity index (χ3v) is 2.57. The lowest BCUT2D eigenvalue weighted by Crippen LogP contribution is -2.29. The van der Waals surface area contributed by atoms with Gasteiger partial charge in [0.2, 0.25) is 0 Å². The van der Waals surface area contributed by atoms with Crippen LogP contribution in [0.15, 0.2) is 24.3 Å². The monoisotopic (exact) mass is 221 g/mol. The highest BCUT2D eigenvalue weighted by atomic mass is 16.5. The van der Waals surface area contributed by atoms with Crippen LogP contribution in [0.25, 0.3) is 0 Å². The zero-order chi connectivity index (χ0) is 11.8. The Kier molecular flexibility index (Phi) is 5.94. The first-order chi connectivity index (χ1) is 7.72. The standard InChI is InChI=1S/C14H23NO/c1-4-6-13(3)15-9-10-16-14-8-5-7-12(2)11-14/h5,7-8,11,13,15H,4,6,9-10H2,1-3H3. The van der Waals surface area contributed by atoms with Gasteiger partial charge in [0.1, 0.15) is 12.4 Å². The second-order valence-electron chi connectivity index (χ2n) is 4.31. The van der Waals surface area contributed by atoms with Gasteiger partial charge in [-0.05, 0) is 38.0 Å². The van der Waals surface area contributed by atoms with E-state index in [1.807, 2.05) is 12.1 Å². The van der Waals surface area contributed by atoms with Gasteiger partial charge in [0, 0.05) is 12.6 Å². The fraction of sp³-hybridized carbons (Fsp3) is 0.571. The molecule has 1 N–H and O–H groups in total. The van der Waals surface area contributed by atoms with Gasteiger partial charge < -0.3 is 10.1 Å². The summed E-state index contributed by atoms with van der Waals surface area (Å²) in [6.45, 7) is 8.15. The number of rotatable bonds is 7. The molecular weight excluding hydrogens is 198 g/mol. The van der Waals surface area contributed by atoms with Gasteiger partial charge in [-0.1, -0.05) is 25.5 Å². The fourth-order valence-electron chi connectivity index (χ4n) is 1.71. The van der Waals surface area contributed by atoms with E-state index in [1.54, 1.807) is 0 Å². The molecule has 1 aromatic carbocycles. The number of hydrogen-bond donors (Lipinski definition) is 1. The molecule has 0 aromatic heterocycles. The summed E-state index contributed by atoms with van der Waals surface area (Å²) in [5.41, 5.74) is 1.24. The summed E-state index contributed by atoms with van der Waals surface area (Å²) < 4.78 is 5.65. The highest BCUT2D eigenvalue weighted by Crippen LogP contribution is 2.11. The maximum atomic E-state index is 5.65. The summed E-state index contributed by atoms with van der Waals surface area (Å²) in [5, 5.41) is 3.44. The first kappa shape index (κ1) is 13.0. The molecule has 1 atom stereocenters. The Morgan fingerprint density at radius 3 is 2.88 bits per heavy atom. The predicted molar refractivity (Wildman–Crippen MR) is 69.0 cm³/mol. The minimum atomic E-state index is 0.589. The molecule has 90 valence electrons. The van der Waals surface area contributed by atoms with Crippen LogP contribution < -0.4 is 10.1 Å². The normalized spacial score (nSPS) is 12.4. The van der Waals surface area contributed by atoms with Gasteiger partial charge in [-0.25, -0.2) is 0 Å². The highest BCUT2D eigenvalue weighted by molar-refractivity contribution is 5.27. The minimum absolute atomic E-state index is 0.589. The van der Waals surface area contributed by atoms with Crippen molar-refractivity contribution in [1.82, 2.24) is 5.32 Å². The van der Waals surface area contributed by atoms with E-state index in [4.69, 9.17) is 4.74 Å². The number of ether oxygens (including phenoxy) is 1. The zero-order valence-electron chi connectivity index (χ0n) is 10.6. The first-order valence-corrected chi connectivity index (χ1v) is 6.15. The second-order valence-corrected chi connectivity index (χ2v) is 4.31. The van der Waals surface area contributed by atoms with Gasteiger partial charge >= 0.3 is 0 Å². The molecule has 2 nitrogen and oxygen atoms in total. The maximum absolute atomic E-state index is 5.65. The Morgan fingerprint density at radius 2 is 2.19 bits per heavy atom. The van der Waals surface area contributed by atoms with Crippen LogP contribution in [0.3, 0.4) is 0 Å². The van der Waals surface area contributed by atoms with Gasteiger partial charge in [0.25, 0.3) is 0 Å². The van der Waals surface area contributed by atoms with Gasteiger partial charge in [-0.15, -0.1) is 0 Å². The lowest BCUT2D eigenvalue weighted by atomic mass is 10.2. The summed E-state index contributed by atoms with van der Waals surface area (Å²) in [6.07, 6.45) is 2.46. The van der Waals surface area contributed by atoms with E-state index in [1.165, 1.54) is 18.4 Å². The van der Waals surface area contributed by atoms with Crippen molar-refractivity contribution in [3.63, 3.8) is 0 Å². The van der Waals surface area contributed by atoms with Crippen LogP contribution in [0.4, 0.5) is 0 Å². The molecule has 0 bridgehead atoms. The predicted octanol–water partition coefficient (Wildman–Crippen LogP) is 3.15. The SMILES string of the molecule is CCCC(C)NCCOc1cccc(C)c1. The molecule has 0 fully saturated rings. The Labute approximate surface area is 99.0 Å². The molecule has 0 heterocycles. The van der Waals surface area contributed by atoms with Gasteiger partial charge in [0.05, 0.1) is 0 Å². The van der Waals surface area contributed by atoms with Crippen LogP contribution in [0.2, 0.25) is 0 Å². The van der Waals surface area contributed by atoms with Crippen molar-refractivity contribution in [3.8, 4) is 5.75 Å². The Hall–Kier alpha value is -1.02. The fourth-order valence-corrected chi connectivity index (χ4v) is 1.71. The molecule has 1 unspecified atom stereocenters. The summed E-state index contributed by atoms with van der Waals surface area (Å²) in [4.78, 5) is 0. The van der Waals surface area contributed by atoms with Crippen molar-refractivity contribution >= 4 is 0 Å². The Morgan fingerprint density at radius 1 is 1.38 bits per heavy atom. The average Bonchev–Trinajstić information content (AvgIpc) is 2.25. The molecule has 0 aliphatic heterocycles. The molecular formula is C14H23NO. The van der Waals surface area contributed by atoms with E-state index < -0.39 is 0 Å². The molecule has 2 heteroatoms. The Bertz CT molecular complexity index is 299. The third kappa shape index (κ3) is 5.17. The zero-order valence-corrected chi connectivity index (χ0v) is 10.6. The molecule has 0 amide bonds. The number of hydrogen-bond acceptors (Lipinski definition) is 2. The van der Waals surface area contributed by atoms with E-state index in [0.29, 0.717) is 6.04 Å². The van der Waals surface area contributed by atoms with E-state index in [-0.39, 0.29) is 0 Å². The van der Waals surface area contributed by atoms with Crippen molar-refractivity contribution in [1.29, 1.82) is 0 Å². The molecule has 0 saturated carbocycles. The van der Waals surface area contributed by atoms with Crippen LogP contribution in [0.5, 0.6) is 5.75 Å².